The van der Waals surface area contributed by atoms with Crippen molar-refractivity contribution in [1.82, 2.24) is 10.3 Å². The smallest absolute Gasteiger partial charge is 0.276 e. The summed E-state index contributed by atoms with van der Waals surface area (Å²) >= 11 is 1.57. The Hall–Kier alpha value is -3.78. The standard InChI is InChI=1S/C30H32N4O3S/c1-3-4-5-11-19-38-30-32-29(35)26-22-15-9-10-17-24(22)31-28(34(26)33-30)23-16-12-18-25(36-2)27(23)37-20-21-13-7-6-8-14-21/h6-10,12-18,28H,3-5,11,19-20H2,1-2H3,(H,32,33,35). The van der Waals surface area contributed by atoms with Gasteiger partial charge in [0.05, 0.1) is 12.5 Å². The van der Waals surface area contributed by atoms with Gasteiger partial charge in [0.15, 0.2) is 22.8 Å². The molecular formula is C30H32N4O3S. The van der Waals surface area contributed by atoms with Crippen LogP contribution in [0.15, 0.2) is 82.9 Å². The third kappa shape index (κ3) is 5.55. The quantitative estimate of drug-likeness (QED) is 0.385. The lowest BCUT2D eigenvalue weighted by molar-refractivity contribution is -0.116. The summed E-state index contributed by atoms with van der Waals surface area (Å²) in [6.45, 7) is 2.57. The highest BCUT2D eigenvalue weighted by Gasteiger charge is 2.36. The van der Waals surface area contributed by atoms with Crippen LogP contribution in [0.1, 0.15) is 49.9 Å². The second-order valence-corrected chi connectivity index (χ2v) is 10.2. The number of rotatable bonds is 10. The summed E-state index contributed by atoms with van der Waals surface area (Å²) in [6.07, 6.45) is 4.05. The van der Waals surface area contributed by atoms with Gasteiger partial charge in [0.1, 0.15) is 12.3 Å². The number of para-hydroxylation sites is 2. The first-order chi connectivity index (χ1) is 18.7. The highest BCUT2D eigenvalue weighted by Crippen LogP contribution is 2.40. The number of amides is 1. The molecule has 5 rings (SSSR count). The zero-order valence-electron chi connectivity index (χ0n) is 21.7. The molecule has 0 bridgehead atoms. The minimum Gasteiger partial charge on any atom is -0.493 e. The summed E-state index contributed by atoms with van der Waals surface area (Å²) in [7, 11) is 1.62. The lowest BCUT2D eigenvalue weighted by atomic mass is 10.1. The molecule has 196 valence electrons. The molecule has 3 aromatic carbocycles. The minimum absolute atomic E-state index is 0.182. The fourth-order valence-electron chi connectivity index (χ4n) is 4.57. The molecule has 2 aliphatic heterocycles. The molecule has 0 fully saturated rings. The first-order valence-electron chi connectivity index (χ1n) is 13.0. The number of methoxy groups -OCH3 is 1. The predicted molar refractivity (Wildman–Crippen MR) is 151 cm³/mol. The van der Waals surface area contributed by atoms with Crippen LogP contribution < -0.4 is 25.4 Å². The van der Waals surface area contributed by atoms with Gasteiger partial charge in [0.2, 0.25) is 0 Å². The van der Waals surface area contributed by atoms with Crippen molar-refractivity contribution in [3.63, 3.8) is 0 Å². The number of thioether (sulfide) groups is 1. The van der Waals surface area contributed by atoms with Crippen LogP contribution in [0.2, 0.25) is 0 Å². The van der Waals surface area contributed by atoms with Gasteiger partial charge in [-0.2, -0.15) is 0 Å². The number of benzene rings is 3. The van der Waals surface area contributed by atoms with Gasteiger partial charge in [-0.05, 0) is 24.1 Å². The number of amidine groups is 1. The van der Waals surface area contributed by atoms with Crippen LogP contribution in [-0.4, -0.2) is 28.9 Å². The van der Waals surface area contributed by atoms with Crippen molar-refractivity contribution in [2.45, 2.75) is 45.4 Å². The van der Waals surface area contributed by atoms with E-state index in [1.54, 1.807) is 23.9 Å². The van der Waals surface area contributed by atoms with Gasteiger partial charge in [0, 0.05) is 16.5 Å². The molecule has 0 radical (unpaired) electrons. The van der Waals surface area contributed by atoms with E-state index >= 15 is 0 Å². The van der Waals surface area contributed by atoms with Crippen LogP contribution in [0.4, 0.5) is 0 Å². The van der Waals surface area contributed by atoms with Crippen LogP contribution in [-0.2, 0) is 11.4 Å². The minimum atomic E-state index is -0.595. The molecule has 0 aliphatic carbocycles. The topological polar surface area (TPSA) is 75.5 Å². The number of ether oxygens (including phenoxy) is 2. The first-order valence-corrected chi connectivity index (χ1v) is 14.0. The molecule has 1 amide bonds. The summed E-state index contributed by atoms with van der Waals surface area (Å²) in [5, 5.41) is 11.7. The zero-order chi connectivity index (χ0) is 26.3. The van der Waals surface area contributed by atoms with Crippen molar-refractivity contribution in [1.29, 1.82) is 0 Å². The predicted octanol–water partition coefficient (Wildman–Crippen LogP) is 4.73. The number of hydrogen-bond acceptors (Lipinski definition) is 7. The Morgan fingerprint density at radius 1 is 0.974 bits per heavy atom. The number of hydrazone groups is 1. The van der Waals surface area contributed by atoms with Crippen LogP contribution in [0.5, 0.6) is 11.5 Å². The number of fused-ring (bicyclic) bond motifs is 2. The van der Waals surface area contributed by atoms with Crippen molar-refractivity contribution in [2.24, 2.45) is 10.1 Å². The molecule has 0 saturated carbocycles. The summed E-state index contributed by atoms with van der Waals surface area (Å²) < 4.78 is 12.0. The van der Waals surface area contributed by atoms with Gasteiger partial charge >= 0.3 is 0 Å². The summed E-state index contributed by atoms with van der Waals surface area (Å²) in [5.74, 6) is 1.90. The molecule has 7 nitrogen and oxygen atoms in total. The van der Waals surface area contributed by atoms with E-state index in [9.17, 15) is 4.79 Å². The molecule has 0 spiro atoms. The van der Waals surface area contributed by atoms with Crippen LogP contribution in [0.3, 0.4) is 0 Å². The van der Waals surface area contributed by atoms with Gasteiger partial charge in [-0.3, -0.25) is 15.1 Å². The van der Waals surface area contributed by atoms with Gasteiger partial charge in [-0.25, -0.2) is 5.01 Å². The molecule has 0 saturated heterocycles. The molecule has 8 heteroatoms. The van der Waals surface area contributed by atoms with E-state index in [2.05, 4.69) is 12.2 Å². The molecule has 3 aromatic rings. The Bertz CT molecular complexity index is 1440. The third-order valence-electron chi connectivity index (χ3n) is 6.49. The van der Waals surface area contributed by atoms with E-state index in [1.165, 1.54) is 19.3 Å². The van der Waals surface area contributed by atoms with Crippen molar-refractivity contribution in [3.05, 3.63) is 94.5 Å². The largest absolute Gasteiger partial charge is 0.493 e. The Kier molecular flexibility index (Phi) is 8.28. The number of nitrogens with zero attached hydrogens (tertiary/aromatic N) is 3. The zero-order valence-corrected chi connectivity index (χ0v) is 22.5. The molecule has 1 atom stereocenters. The lowest BCUT2D eigenvalue weighted by Gasteiger charge is -2.34. The molecule has 1 N–H and O–H groups in total. The maximum Gasteiger partial charge on any atom is 0.276 e. The lowest BCUT2D eigenvalue weighted by Crippen LogP contribution is -2.50. The number of unbranched alkanes of at least 4 members (excludes halogenated alkanes) is 3. The van der Waals surface area contributed by atoms with E-state index in [1.807, 2.05) is 72.8 Å². The van der Waals surface area contributed by atoms with Crippen molar-refractivity contribution < 1.29 is 14.3 Å². The van der Waals surface area contributed by atoms with Crippen LogP contribution >= 0.6 is 11.8 Å². The van der Waals surface area contributed by atoms with Crippen LogP contribution in [0, 0.1) is 0 Å². The maximum atomic E-state index is 13.5. The molecular weight excluding hydrogens is 496 g/mol. The van der Waals surface area contributed by atoms with E-state index in [0.29, 0.717) is 29.0 Å². The average molecular weight is 529 g/mol. The molecule has 38 heavy (non-hydrogen) atoms. The SMILES string of the molecule is CCCCCCSC1=NN2C(=c3ccccc3=NC2c2cccc(OC)c2OCc2ccccc2)C(=O)N1. The molecule has 1 unspecified atom stereocenters. The molecule has 0 aromatic heterocycles. The Morgan fingerprint density at radius 2 is 1.79 bits per heavy atom. The summed E-state index contributed by atoms with van der Waals surface area (Å²) in [5.41, 5.74) is 2.30. The van der Waals surface area contributed by atoms with E-state index in [0.717, 1.165) is 33.9 Å². The second-order valence-electron chi connectivity index (χ2n) is 9.13. The van der Waals surface area contributed by atoms with Crippen molar-refractivity contribution in [3.8, 4) is 11.5 Å². The molecule has 2 aliphatic rings. The maximum absolute atomic E-state index is 13.5. The second kappa shape index (κ2) is 12.2. The highest BCUT2D eigenvalue weighted by molar-refractivity contribution is 8.13. The monoisotopic (exact) mass is 528 g/mol. The molecule has 2 heterocycles. The van der Waals surface area contributed by atoms with E-state index in [4.69, 9.17) is 19.6 Å². The fraction of sp³-hybridized carbons (Fsp3) is 0.300. The van der Waals surface area contributed by atoms with Gasteiger partial charge in [-0.15, -0.1) is 5.10 Å². The normalized spacial score (nSPS) is 16.1. The van der Waals surface area contributed by atoms with Crippen molar-refractivity contribution >= 4 is 28.5 Å². The third-order valence-corrected chi connectivity index (χ3v) is 7.44. The Labute approximate surface area is 227 Å². The van der Waals surface area contributed by atoms with Gasteiger partial charge in [0.25, 0.3) is 5.91 Å². The van der Waals surface area contributed by atoms with E-state index in [-0.39, 0.29) is 5.91 Å². The number of carbonyl (C=O) groups excluding carboxylic acids is 1. The van der Waals surface area contributed by atoms with Crippen LogP contribution in [0.25, 0.3) is 5.70 Å². The van der Waals surface area contributed by atoms with E-state index < -0.39 is 6.17 Å². The van der Waals surface area contributed by atoms with Gasteiger partial charge < -0.3 is 9.47 Å². The number of hydrogen-bond donors (Lipinski definition) is 1. The Balaban J connectivity index is 1.54. The summed E-state index contributed by atoms with van der Waals surface area (Å²) in [6, 6.07) is 23.4. The van der Waals surface area contributed by atoms with Crippen molar-refractivity contribution in [2.75, 3.05) is 12.9 Å². The number of nitrogens with one attached hydrogen (secondary N) is 1. The number of carbonyl (C=O) groups is 1. The first kappa shape index (κ1) is 25.9. The Morgan fingerprint density at radius 3 is 2.61 bits per heavy atom. The summed E-state index contributed by atoms with van der Waals surface area (Å²) in [4.78, 5) is 18.5. The highest BCUT2D eigenvalue weighted by atomic mass is 32.2. The fourth-order valence-corrected chi connectivity index (χ4v) is 5.43. The van der Waals surface area contributed by atoms with Gasteiger partial charge in [-0.1, -0.05) is 98.6 Å². The average Bonchev–Trinajstić information content (AvgIpc) is 2.95.